The Labute approximate surface area is 164 Å². The number of amides is 1. The summed E-state index contributed by atoms with van der Waals surface area (Å²) in [5, 5.41) is 0.724. The van der Waals surface area contributed by atoms with Gasteiger partial charge in [0.25, 0.3) is 0 Å². The Morgan fingerprint density at radius 1 is 1.33 bits per heavy atom. The Hall–Kier alpha value is -1.80. The van der Waals surface area contributed by atoms with Gasteiger partial charge >= 0.3 is 0 Å². The molecule has 0 radical (unpaired) electrons. The van der Waals surface area contributed by atoms with Crippen molar-refractivity contribution in [3.8, 4) is 0 Å². The van der Waals surface area contributed by atoms with Crippen LogP contribution in [0.15, 0.2) is 35.5 Å². The van der Waals surface area contributed by atoms with E-state index >= 15 is 0 Å². The molecule has 1 fully saturated rings. The lowest BCUT2D eigenvalue weighted by molar-refractivity contribution is -0.129. The van der Waals surface area contributed by atoms with Gasteiger partial charge in [-0.15, -0.1) is 0 Å². The van der Waals surface area contributed by atoms with Gasteiger partial charge in [-0.25, -0.2) is 13.4 Å². The van der Waals surface area contributed by atoms with Gasteiger partial charge < -0.3 is 9.88 Å². The standard InChI is InChI=1S/C19H25N3O3S2/c1-3-22(16-9-10-27(24,25)13-16)18(23)12-26-19-20-14(2)17(21-19)11-15-7-5-4-6-8-15/h4-8,16H,3,9-13H2,1-2H3,(H,20,21)/t16-/m1/s1. The number of benzene rings is 1. The van der Waals surface area contributed by atoms with Crippen LogP contribution < -0.4 is 0 Å². The molecule has 146 valence electrons. The third kappa shape index (κ3) is 5.13. The Bertz CT molecular complexity index is 894. The van der Waals surface area contributed by atoms with Crippen LogP contribution in [0.25, 0.3) is 0 Å². The number of sulfone groups is 1. The van der Waals surface area contributed by atoms with Gasteiger partial charge in [0.1, 0.15) is 0 Å². The van der Waals surface area contributed by atoms with Gasteiger partial charge in [-0.05, 0) is 25.8 Å². The SMILES string of the molecule is CCN(C(=O)CSc1nc(Cc2ccccc2)c(C)[nH]1)[C@@H]1CCS(=O)(=O)C1. The van der Waals surface area contributed by atoms with Gasteiger partial charge in [-0.2, -0.15) is 0 Å². The summed E-state index contributed by atoms with van der Waals surface area (Å²) in [6.07, 6.45) is 1.28. The fourth-order valence-electron chi connectivity index (χ4n) is 3.37. The lowest BCUT2D eigenvalue weighted by Crippen LogP contribution is -2.41. The minimum Gasteiger partial charge on any atom is -0.338 e. The van der Waals surface area contributed by atoms with E-state index in [1.165, 1.54) is 17.3 Å². The summed E-state index contributed by atoms with van der Waals surface area (Å²) >= 11 is 1.37. The Balaban J connectivity index is 1.59. The molecule has 0 aliphatic carbocycles. The fraction of sp³-hybridized carbons (Fsp3) is 0.474. The van der Waals surface area contributed by atoms with Crippen molar-refractivity contribution in [2.24, 2.45) is 0 Å². The first kappa shape index (κ1) is 19.9. The van der Waals surface area contributed by atoms with E-state index in [0.717, 1.165) is 23.0 Å². The number of nitrogens with zero attached hydrogens (tertiary/aromatic N) is 2. The van der Waals surface area contributed by atoms with Gasteiger partial charge in [0.05, 0.1) is 23.0 Å². The van der Waals surface area contributed by atoms with Crippen LogP contribution in [0.3, 0.4) is 0 Å². The monoisotopic (exact) mass is 407 g/mol. The third-order valence-electron chi connectivity index (χ3n) is 4.82. The molecule has 27 heavy (non-hydrogen) atoms. The van der Waals surface area contributed by atoms with Gasteiger partial charge in [-0.3, -0.25) is 4.79 Å². The summed E-state index contributed by atoms with van der Waals surface area (Å²) in [6.45, 7) is 4.40. The molecule has 1 amide bonds. The number of aryl methyl sites for hydroxylation is 1. The van der Waals surface area contributed by atoms with Crippen LogP contribution in [-0.4, -0.2) is 59.0 Å². The van der Waals surface area contributed by atoms with Crippen molar-refractivity contribution in [2.45, 2.75) is 37.9 Å². The topological polar surface area (TPSA) is 83.1 Å². The smallest absolute Gasteiger partial charge is 0.233 e. The van der Waals surface area contributed by atoms with Crippen LogP contribution >= 0.6 is 11.8 Å². The predicted molar refractivity (Wildman–Crippen MR) is 108 cm³/mol. The number of thioether (sulfide) groups is 1. The average Bonchev–Trinajstić information content (AvgIpc) is 3.17. The van der Waals surface area contributed by atoms with E-state index in [1.807, 2.05) is 32.0 Å². The van der Waals surface area contributed by atoms with Crippen molar-refractivity contribution in [3.05, 3.63) is 47.3 Å². The van der Waals surface area contributed by atoms with E-state index in [2.05, 4.69) is 22.1 Å². The largest absolute Gasteiger partial charge is 0.338 e. The number of carbonyl (C=O) groups excluding carboxylic acids is 1. The van der Waals surface area contributed by atoms with E-state index in [9.17, 15) is 13.2 Å². The molecule has 6 nitrogen and oxygen atoms in total. The number of aromatic amines is 1. The molecule has 2 heterocycles. The van der Waals surface area contributed by atoms with Crippen molar-refractivity contribution in [2.75, 3.05) is 23.8 Å². The van der Waals surface area contributed by atoms with Crippen LogP contribution in [0.5, 0.6) is 0 Å². The Morgan fingerprint density at radius 2 is 2.07 bits per heavy atom. The summed E-state index contributed by atoms with van der Waals surface area (Å²) in [7, 11) is -3.00. The van der Waals surface area contributed by atoms with Gasteiger partial charge in [0.15, 0.2) is 15.0 Å². The second-order valence-electron chi connectivity index (χ2n) is 6.80. The zero-order valence-electron chi connectivity index (χ0n) is 15.6. The number of nitrogens with one attached hydrogen (secondary N) is 1. The molecule has 1 aliphatic heterocycles. The molecule has 8 heteroatoms. The molecule has 1 N–H and O–H groups in total. The second-order valence-corrected chi connectivity index (χ2v) is 9.99. The molecule has 2 aromatic rings. The van der Waals surface area contributed by atoms with Crippen molar-refractivity contribution < 1.29 is 13.2 Å². The summed E-state index contributed by atoms with van der Waals surface area (Å²) in [5.41, 5.74) is 3.17. The molecule has 0 unspecified atom stereocenters. The molecule has 1 aliphatic rings. The van der Waals surface area contributed by atoms with Gasteiger partial charge in [0.2, 0.25) is 5.91 Å². The van der Waals surface area contributed by atoms with Crippen molar-refractivity contribution in [3.63, 3.8) is 0 Å². The Morgan fingerprint density at radius 3 is 2.70 bits per heavy atom. The predicted octanol–water partition coefficient (Wildman–Crippen LogP) is 2.44. The van der Waals surface area contributed by atoms with E-state index < -0.39 is 9.84 Å². The van der Waals surface area contributed by atoms with E-state index in [1.54, 1.807) is 4.90 Å². The molecular weight excluding hydrogens is 382 g/mol. The highest BCUT2D eigenvalue weighted by Crippen LogP contribution is 2.22. The number of aromatic nitrogens is 2. The van der Waals surface area contributed by atoms with Gasteiger partial charge in [-0.1, -0.05) is 42.1 Å². The first-order valence-corrected chi connectivity index (χ1v) is 11.9. The summed E-state index contributed by atoms with van der Waals surface area (Å²) < 4.78 is 23.4. The highest BCUT2D eigenvalue weighted by Gasteiger charge is 2.33. The minimum atomic E-state index is -3.00. The molecule has 1 aromatic carbocycles. The van der Waals surface area contributed by atoms with Crippen molar-refractivity contribution >= 4 is 27.5 Å². The van der Waals surface area contributed by atoms with Crippen LogP contribution in [0.2, 0.25) is 0 Å². The highest BCUT2D eigenvalue weighted by molar-refractivity contribution is 7.99. The van der Waals surface area contributed by atoms with E-state index in [-0.39, 0.29) is 29.2 Å². The third-order valence-corrected chi connectivity index (χ3v) is 7.43. The van der Waals surface area contributed by atoms with E-state index in [0.29, 0.717) is 13.0 Å². The Kier molecular flexibility index (Phi) is 6.26. The summed E-state index contributed by atoms with van der Waals surface area (Å²) in [4.78, 5) is 22.2. The average molecular weight is 408 g/mol. The maximum Gasteiger partial charge on any atom is 0.233 e. The summed E-state index contributed by atoms with van der Waals surface area (Å²) in [6, 6.07) is 9.95. The second kappa shape index (κ2) is 8.48. The first-order valence-electron chi connectivity index (χ1n) is 9.10. The first-order chi connectivity index (χ1) is 12.9. The van der Waals surface area contributed by atoms with Gasteiger partial charge in [0, 0.05) is 24.7 Å². The minimum absolute atomic E-state index is 0.0386. The van der Waals surface area contributed by atoms with Crippen molar-refractivity contribution in [1.82, 2.24) is 14.9 Å². The van der Waals surface area contributed by atoms with E-state index in [4.69, 9.17) is 0 Å². The fourth-order valence-corrected chi connectivity index (χ4v) is 5.93. The van der Waals surface area contributed by atoms with Crippen LogP contribution in [0.4, 0.5) is 0 Å². The quantitative estimate of drug-likeness (QED) is 0.713. The molecule has 1 aromatic heterocycles. The van der Waals surface area contributed by atoms with Crippen LogP contribution in [0, 0.1) is 6.92 Å². The molecule has 3 rings (SSSR count). The molecule has 0 bridgehead atoms. The number of rotatable bonds is 7. The zero-order chi connectivity index (χ0) is 19.4. The van der Waals surface area contributed by atoms with Crippen LogP contribution in [-0.2, 0) is 21.1 Å². The maximum absolute atomic E-state index is 12.6. The van der Waals surface area contributed by atoms with Crippen molar-refractivity contribution in [1.29, 1.82) is 0 Å². The number of carbonyl (C=O) groups is 1. The number of hydrogen-bond donors (Lipinski definition) is 1. The maximum atomic E-state index is 12.6. The number of H-pyrrole nitrogens is 1. The molecule has 1 atom stereocenters. The number of hydrogen-bond acceptors (Lipinski definition) is 5. The molecule has 0 spiro atoms. The molecule has 0 saturated carbocycles. The zero-order valence-corrected chi connectivity index (χ0v) is 17.3. The summed E-state index contributed by atoms with van der Waals surface area (Å²) in [5.74, 6) is 0.471. The lowest BCUT2D eigenvalue weighted by Gasteiger charge is -2.26. The van der Waals surface area contributed by atoms with Crippen LogP contribution in [0.1, 0.15) is 30.3 Å². The molecule has 1 saturated heterocycles. The lowest BCUT2D eigenvalue weighted by atomic mass is 10.1. The molecular formula is C19H25N3O3S2. The highest BCUT2D eigenvalue weighted by atomic mass is 32.2. The number of imidazole rings is 1. The normalized spacial score (nSPS) is 18.5.